The second-order valence-corrected chi connectivity index (χ2v) is 5.51. The van der Waals surface area contributed by atoms with Crippen molar-refractivity contribution in [2.45, 2.75) is 51.4 Å². The van der Waals surface area contributed by atoms with E-state index >= 15 is 0 Å². The molecule has 100 valence electrons. The third-order valence-corrected chi connectivity index (χ3v) is 4.42. The van der Waals surface area contributed by atoms with Crippen molar-refractivity contribution in [1.29, 1.82) is 5.41 Å². The summed E-state index contributed by atoms with van der Waals surface area (Å²) in [5.74, 6) is -0.235. The Balaban J connectivity index is 2.18. The van der Waals surface area contributed by atoms with Crippen molar-refractivity contribution < 1.29 is 9.90 Å². The average molecular weight is 250 g/mol. The van der Waals surface area contributed by atoms with Crippen LogP contribution in [0.25, 0.3) is 0 Å². The van der Waals surface area contributed by atoms with Gasteiger partial charge in [0.15, 0.2) is 0 Å². The molecule has 4 nitrogen and oxygen atoms in total. The molecule has 1 fully saturated rings. The van der Waals surface area contributed by atoms with Gasteiger partial charge in [0.1, 0.15) is 5.71 Å². The highest BCUT2D eigenvalue weighted by Gasteiger charge is 2.31. The van der Waals surface area contributed by atoms with E-state index in [-0.39, 0.29) is 5.71 Å². The van der Waals surface area contributed by atoms with E-state index in [1.165, 1.54) is 32.1 Å². The molecule has 0 bridgehead atoms. The Labute approximate surface area is 108 Å². The third kappa shape index (κ3) is 2.57. The fraction of sp³-hybridized carbons (Fsp3) is 0.714. The first-order valence-electron chi connectivity index (χ1n) is 6.92. The molecular weight excluding hydrogens is 228 g/mol. The highest BCUT2D eigenvalue weighted by Crippen LogP contribution is 2.39. The molecule has 0 aliphatic heterocycles. The molecule has 0 spiro atoms. The summed E-state index contributed by atoms with van der Waals surface area (Å²) in [4.78, 5) is 10.9. The van der Waals surface area contributed by atoms with Crippen LogP contribution in [0.1, 0.15) is 51.4 Å². The number of allylic oxidation sites excluding steroid dienone is 1. The second-order valence-electron chi connectivity index (χ2n) is 5.51. The van der Waals surface area contributed by atoms with Crippen LogP contribution in [0, 0.1) is 17.2 Å². The topological polar surface area (TPSA) is 87.2 Å². The van der Waals surface area contributed by atoms with Crippen LogP contribution in [0.2, 0.25) is 0 Å². The van der Waals surface area contributed by atoms with Gasteiger partial charge in [-0.1, -0.05) is 19.3 Å². The van der Waals surface area contributed by atoms with Crippen LogP contribution < -0.4 is 5.73 Å². The first-order valence-corrected chi connectivity index (χ1v) is 6.92. The lowest BCUT2D eigenvalue weighted by Crippen LogP contribution is -2.31. The lowest BCUT2D eigenvalue weighted by atomic mass is 9.72. The van der Waals surface area contributed by atoms with E-state index in [4.69, 9.17) is 16.2 Å². The van der Waals surface area contributed by atoms with E-state index < -0.39 is 5.97 Å². The SMILES string of the molecule is N=C(C(=O)O)C1=C(N)C(C2CCCCC2)CCC1. The van der Waals surface area contributed by atoms with Crippen LogP contribution in [0.5, 0.6) is 0 Å². The molecule has 1 unspecified atom stereocenters. The Kier molecular flexibility index (Phi) is 4.04. The molecule has 0 aromatic carbocycles. The van der Waals surface area contributed by atoms with Crippen LogP contribution in [0.4, 0.5) is 0 Å². The van der Waals surface area contributed by atoms with Gasteiger partial charge in [-0.05, 0) is 38.0 Å². The average Bonchev–Trinajstić information content (AvgIpc) is 2.39. The van der Waals surface area contributed by atoms with E-state index in [1.807, 2.05) is 0 Å². The number of carboxylic acid groups (broad SMARTS) is 1. The fourth-order valence-electron chi connectivity index (χ4n) is 3.45. The smallest absolute Gasteiger partial charge is 0.354 e. The van der Waals surface area contributed by atoms with Gasteiger partial charge in [0.2, 0.25) is 0 Å². The van der Waals surface area contributed by atoms with Crippen molar-refractivity contribution in [3.63, 3.8) is 0 Å². The third-order valence-electron chi connectivity index (χ3n) is 4.42. The normalized spacial score (nSPS) is 26.1. The van der Waals surface area contributed by atoms with Gasteiger partial charge in [-0.25, -0.2) is 4.79 Å². The quantitative estimate of drug-likeness (QED) is 0.673. The molecule has 4 N–H and O–H groups in total. The Bertz CT molecular complexity index is 381. The summed E-state index contributed by atoms with van der Waals surface area (Å²) < 4.78 is 0. The number of hydrogen-bond donors (Lipinski definition) is 3. The molecule has 0 radical (unpaired) electrons. The van der Waals surface area contributed by atoms with Gasteiger partial charge in [-0.15, -0.1) is 0 Å². The van der Waals surface area contributed by atoms with Crippen LogP contribution in [-0.2, 0) is 4.79 Å². The molecule has 0 aromatic heterocycles. The Morgan fingerprint density at radius 2 is 1.83 bits per heavy atom. The predicted molar refractivity (Wildman–Crippen MR) is 70.5 cm³/mol. The van der Waals surface area contributed by atoms with Gasteiger partial charge < -0.3 is 10.8 Å². The standard InChI is InChI=1S/C14H22N2O2/c15-12-10(9-5-2-1-3-6-9)7-4-8-11(12)13(16)14(17)18/h9-10,16H,1-8,15H2,(H,17,18). The molecule has 0 saturated heterocycles. The van der Waals surface area contributed by atoms with E-state index in [1.54, 1.807) is 0 Å². The maximum Gasteiger partial charge on any atom is 0.354 e. The van der Waals surface area contributed by atoms with Gasteiger partial charge in [0, 0.05) is 17.2 Å². The van der Waals surface area contributed by atoms with Crippen LogP contribution in [-0.4, -0.2) is 16.8 Å². The van der Waals surface area contributed by atoms with Crippen molar-refractivity contribution in [3.8, 4) is 0 Å². The fourth-order valence-corrected chi connectivity index (χ4v) is 3.45. The number of aliphatic carboxylic acids is 1. The van der Waals surface area contributed by atoms with Gasteiger partial charge in [0.05, 0.1) is 0 Å². The summed E-state index contributed by atoms with van der Waals surface area (Å²) in [6, 6.07) is 0. The summed E-state index contributed by atoms with van der Waals surface area (Å²) in [5.41, 5.74) is 7.15. The Morgan fingerprint density at radius 1 is 1.17 bits per heavy atom. The van der Waals surface area contributed by atoms with E-state index in [9.17, 15) is 4.79 Å². The zero-order chi connectivity index (χ0) is 13.1. The summed E-state index contributed by atoms with van der Waals surface area (Å²) in [6.07, 6.45) is 8.93. The van der Waals surface area contributed by atoms with Crippen molar-refractivity contribution in [3.05, 3.63) is 11.3 Å². The minimum atomic E-state index is -1.16. The van der Waals surface area contributed by atoms with E-state index in [0.717, 1.165) is 12.8 Å². The molecular formula is C14H22N2O2. The first kappa shape index (κ1) is 13.1. The maximum atomic E-state index is 10.9. The van der Waals surface area contributed by atoms with Gasteiger partial charge in [-0.3, -0.25) is 5.41 Å². The molecule has 18 heavy (non-hydrogen) atoms. The number of nitrogens with one attached hydrogen (secondary N) is 1. The summed E-state index contributed by atoms with van der Waals surface area (Å²) in [6.45, 7) is 0. The molecule has 0 aromatic rings. The van der Waals surface area contributed by atoms with Crippen LogP contribution in [0.3, 0.4) is 0 Å². The minimum absolute atomic E-state index is 0.298. The monoisotopic (exact) mass is 250 g/mol. The highest BCUT2D eigenvalue weighted by atomic mass is 16.4. The predicted octanol–water partition coefficient (Wildman–Crippen LogP) is 2.68. The molecule has 1 saturated carbocycles. The lowest BCUT2D eigenvalue weighted by molar-refractivity contribution is -0.129. The van der Waals surface area contributed by atoms with E-state index in [2.05, 4.69) is 0 Å². The van der Waals surface area contributed by atoms with Gasteiger partial charge >= 0.3 is 5.97 Å². The van der Waals surface area contributed by atoms with Crippen molar-refractivity contribution in [2.24, 2.45) is 17.6 Å². The Hall–Kier alpha value is -1.32. The Morgan fingerprint density at radius 3 is 2.44 bits per heavy atom. The minimum Gasteiger partial charge on any atom is -0.477 e. The summed E-state index contributed by atoms with van der Waals surface area (Å²) in [5, 5.41) is 16.6. The molecule has 4 heteroatoms. The van der Waals surface area contributed by atoms with E-state index in [0.29, 0.717) is 29.5 Å². The molecule has 1 atom stereocenters. The van der Waals surface area contributed by atoms with Gasteiger partial charge in [0.25, 0.3) is 0 Å². The van der Waals surface area contributed by atoms with Crippen LogP contribution in [0.15, 0.2) is 11.3 Å². The molecule has 0 heterocycles. The largest absolute Gasteiger partial charge is 0.477 e. The van der Waals surface area contributed by atoms with Crippen molar-refractivity contribution in [2.75, 3.05) is 0 Å². The second kappa shape index (κ2) is 5.55. The van der Waals surface area contributed by atoms with Crippen molar-refractivity contribution >= 4 is 11.7 Å². The zero-order valence-electron chi connectivity index (χ0n) is 10.7. The first-order chi connectivity index (χ1) is 8.61. The van der Waals surface area contributed by atoms with Crippen molar-refractivity contribution in [1.82, 2.24) is 0 Å². The highest BCUT2D eigenvalue weighted by molar-refractivity contribution is 6.41. The number of rotatable bonds is 3. The summed E-state index contributed by atoms with van der Waals surface area (Å²) in [7, 11) is 0. The number of carbonyl (C=O) groups is 1. The lowest BCUT2D eigenvalue weighted by Gasteiger charge is -2.34. The molecule has 0 amide bonds. The molecule has 2 aliphatic rings. The molecule has 2 rings (SSSR count). The number of nitrogens with two attached hydrogens (primary N) is 1. The number of carboxylic acids is 1. The maximum absolute atomic E-state index is 10.9. The summed E-state index contributed by atoms with van der Waals surface area (Å²) >= 11 is 0. The zero-order valence-corrected chi connectivity index (χ0v) is 10.7. The van der Waals surface area contributed by atoms with Gasteiger partial charge in [-0.2, -0.15) is 0 Å². The number of hydrogen-bond acceptors (Lipinski definition) is 3. The van der Waals surface area contributed by atoms with Crippen LogP contribution >= 0.6 is 0 Å². The molecule has 2 aliphatic carbocycles.